The lowest BCUT2D eigenvalue weighted by atomic mass is 9.95. The summed E-state index contributed by atoms with van der Waals surface area (Å²) in [5, 5.41) is 10.4. The number of aromatic nitrogens is 2. The molecule has 1 aliphatic rings. The fourth-order valence-electron chi connectivity index (χ4n) is 3.57. The molecule has 1 atom stereocenters. The number of carbonyl (C=O) groups is 2. The second kappa shape index (κ2) is 12.3. The Labute approximate surface area is 222 Å². The van der Waals surface area contributed by atoms with Crippen molar-refractivity contribution >= 4 is 29.5 Å². The molecule has 1 saturated heterocycles. The van der Waals surface area contributed by atoms with Gasteiger partial charge in [0.05, 0.1) is 18.8 Å². The van der Waals surface area contributed by atoms with Crippen LogP contribution in [0.5, 0.6) is 0 Å². The van der Waals surface area contributed by atoms with Gasteiger partial charge in [-0.15, -0.1) is 0 Å². The van der Waals surface area contributed by atoms with Crippen molar-refractivity contribution in [1.82, 2.24) is 14.9 Å². The minimum atomic E-state index is -5.08. The molecule has 0 saturated carbocycles. The second-order valence-electron chi connectivity index (χ2n) is 9.44. The number of aliphatic carboxylic acids is 1. The molecule has 2 aromatic heterocycles. The average molecular weight is 551 g/mol. The second-order valence-corrected chi connectivity index (χ2v) is 10.6. The third-order valence-electron chi connectivity index (χ3n) is 5.52. The van der Waals surface area contributed by atoms with Crippen molar-refractivity contribution in [2.75, 3.05) is 23.4 Å². The summed E-state index contributed by atoms with van der Waals surface area (Å²) in [5.41, 5.74) is 1.42. The monoisotopic (exact) mass is 550 g/mol. The van der Waals surface area contributed by atoms with Crippen molar-refractivity contribution in [2.24, 2.45) is 0 Å². The minimum absolute atomic E-state index is 0.0349. The van der Waals surface area contributed by atoms with Gasteiger partial charge in [0.15, 0.2) is 0 Å². The maximum atomic E-state index is 13.7. The van der Waals surface area contributed by atoms with Gasteiger partial charge in [-0.25, -0.2) is 14.8 Å². The Balaban J connectivity index is 0.000000505. The van der Waals surface area contributed by atoms with E-state index in [0.717, 1.165) is 22.8 Å². The Kier molecular flexibility index (Phi) is 9.42. The molecule has 2 N–H and O–H groups in total. The number of thioether (sulfide) groups is 1. The number of hydrogen-bond acceptors (Lipinski definition) is 7. The summed E-state index contributed by atoms with van der Waals surface area (Å²) < 4.78 is 37.2. The molecule has 0 bridgehead atoms. The highest BCUT2D eigenvalue weighted by atomic mass is 32.2. The van der Waals surface area contributed by atoms with Crippen molar-refractivity contribution in [2.45, 2.75) is 44.9 Å². The summed E-state index contributed by atoms with van der Waals surface area (Å²) in [6.07, 6.45) is -1.77. The largest absolute Gasteiger partial charge is 0.490 e. The van der Waals surface area contributed by atoms with E-state index >= 15 is 0 Å². The predicted octanol–water partition coefficient (Wildman–Crippen LogP) is 5.54. The summed E-state index contributed by atoms with van der Waals surface area (Å²) in [4.78, 5) is 33.8. The van der Waals surface area contributed by atoms with E-state index in [1.807, 2.05) is 47.0 Å². The molecule has 12 heteroatoms. The van der Waals surface area contributed by atoms with Gasteiger partial charge in [0.1, 0.15) is 23.0 Å². The number of nitrogens with one attached hydrogen (secondary N) is 1. The molecule has 204 valence electrons. The van der Waals surface area contributed by atoms with Gasteiger partial charge in [0.2, 0.25) is 0 Å². The lowest BCUT2D eigenvalue weighted by Crippen LogP contribution is -2.41. The first-order valence-corrected chi connectivity index (χ1v) is 12.9. The van der Waals surface area contributed by atoms with Crippen LogP contribution in [0, 0.1) is 0 Å². The van der Waals surface area contributed by atoms with Crippen molar-refractivity contribution < 1.29 is 32.3 Å². The SMILES string of the molecule is CC(C)(C)c1ncc(C(=O)N2CCSCC2c2ccccc2)c(NCc2ccco2)n1.O=C(O)C(F)(F)F. The zero-order valence-electron chi connectivity index (χ0n) is 21.2. The van der Waals surface area contributed by atoms with E-state index < -0.39 is 12.1 Å². The van der Waals surface area contributed by atoms with E-state index in [9.17, 15) is 18.0 Å². The number of amides is 1. The number of hydrogen-bond donors (Lipinski definition) is 2. The van der Waals surface area contributed by atoms with E-state index in [-0.39, 0.29) is 17.4 Å². The van der Waals surface area contributed by atoms with Crippen LogP contribution in [0.2, 0.25) is 0 Å². The number of carboxylic acid groups (broad SMARTS) is 1. The van der Waals surface area contributed by atoms with Crippen LogP contribution in [0.4, 0.5) is 19.0 Å². The van der Waals surface area contributed by atoms with Gasteiger partial charge in [-0.2, -0.15) is 24.9 Å². The van der Waals surface area contributed by atoms with Gasteiger partial charge >= 0.3 is 12.1 Å². The van der Waals surface area contributed by atoms with E-state index in [4.69, 9.17) is 19.3 Å². The van der Waals surface area contributed by atoms with Crippen molar-refractivity contribution in [1.29, 1.82) is 0 Å². The van der Waals surface area contributed by atoms with Crippen LogP contribution < -0.4 is 5.32 Å². The number of carboxylic acids is 1. The fraction of sp³-hybridized carbons (Fsp3) is 0.385. The first kappa shape index (κ1) is 29.0. The number of nitrogens with zero attached hydrogens (tertiary/aromatic N) is 3. The number of anilines is 1. The molecule has 0 aliphatic carbocycles. The molecule has 3 heterocycles. The molecule has 1 aliphatic heterocycles. The standard InChI is InChI=1S/C24H28N4O2S.C2HF3O2/c1-24(2,3)23-26-15-19(21(27-23)25-14-18-10-7-12-30-18)22(29)28-11-13-31-16-20(28)17-8-5-4-6-9-17;3-2(4,5)1(6)7/h4-10,12,15,20H,11,13-14,16H2,1-3H3,(H,25,26,27);(H,6,7). The highest BCUT2D eigenvalue weighted by Crippen LogP contribution is 2.32. The lowest BCUT2D eigenvalue weighted by molar-refractivity contribution is -0.192. The van der Waals surface area contributed by atoms with Crippen LogP contribution in [0.3, 0.4) is 0 Å². The van der Waals surface area contributed by atoms with Crippen molar-refractivity contribution in [3.05, 3.63) is 77.6 Å². The number of alkyl halides is 3. The molecule has 1 amide bonds. The van der Waals surface area contributed by atoms with E-state index in [1.54, 1.807) is 12.5 Å². The molecular formula is C26H29F3N4O4S. The fourth-order valence-corrected chi connectivity index (χ4v) is 4.66. The third-order valence-corrected chi connectivity index (χ3v) is 6.54. The Morgan fingerprint density at radius 2 is 1.84 bits per heavy atom. The highest BCUT2D eigenvalue weighted by Gasteiger charge is 2.38. The zero-order chi connectivity index (χ0) is 27.9. The van der Waals surface area contributed by atoms with Gasteiger partial charge in [-0.3, -0.25) is 4.79 Å². The van der Waals surface area contributed by atoms with Crippen molar-refractivity contribution in [3.8, 4) is 0 Å². The van der Waals surface area contributed by atoms with Crippen LogP contribution in [0.15, 0.2) is 59.3 Å². The average Bonchev–Trinajstić information content (AvgIpc) is 3.40. The quantitative estimate of drug-likeness (QED) is 0.426. The maximum absolute atomic E-state index is 13.7. The molecule has 1 fully saturated rings. The number of benzene rings is 1. The van der Waals surface area contributed by atoms with Crippen LogP contribution in [0.25, 0.3) is 0 Å². The summed E-state index contributed by atoms with van der Waals surface area (Å²) in [7, 11) is 0. The van der Waals surface area contributed by atoms with Crippen molar-refractivity contribution in [3.63, 3.8) is 0 Å². The van der Waals surface area contributed by atoms with E-state index in [2.05, 4.69) is 43.2 Å². The Morgan fingerprint density at radius 1 is 1.16 bits per heavy atom. The van der Waals surface area contributed by atoms with Gasteiger partial charge in [-0.1, -0.05) is 51.1 Å². The lowest BCUT2D eigenvalue weighted by Gasteiger charge is -2.36. The predicted molar refractivity (Wildman–Crippen MR) is 138 cm³/mol. The number of carbonyl (C=O) groups excluding carboxylic acids is 1. The van der Waals surface area contributed by atoms with Crippen LogP contribution in [0.1, 0.15) is 54.3 Å². The van der Waals surface area contributed by atoms with Crippen LogP contribution >= 0.6 is 11.8 Å². The summed E-state index contributed by atoms with van der Waals surface area (Å²) in [6.45, 7) is 7.34. The molecule has 1 aromatic carbocycles. The zero-order valence-corrected chi connectivity index (χ0v) is 22.0. The molecule has 38 heavy (non-hydrogen) atoms. The highest BCUT2D eigenvalue weighted by molar-refractivity contribution is 7.99. The summed E-state index contributed by atoms with van der Waals surface area (Å²) in [5.74, 6) is 1.03. The van der Waals surface area contributed by atoms with Gasteiger partial charge in [0.25, 0.3) is 5.91 Å². The smallest absolute Gasteiger partial charge is 0.475 e. The maximum Gasteiger partial charge on any atom is 0.490 e. The van der Waals surface area contributed by atoms with Crippen LogP contribution in [-0.2, 0) is 16.8 Å². The molecule has 4 rings (SSSR count). The molecule has 0 radical (unpaired) electrons. The minimum Gasteiger partial charge on any atom is -0.475 e. The summed E-state index contributed by atoms with van der Waals surface area (Å²) in [6, 6.07) is 14.0. The number of halogens is 3. The topological polar surface area (TPSA) is 109 Å². The van der Waals surface area contributed by atoms with Gasteiger partial charge in [-0.05, 0) is 17.7 Å². The number of rotatable bonds is 5. The first-order chi connectivity index (χ1) is 17.9. The van der Waals surface area contributed by atoms with E-state index in [1.165, 1.54) is 0 Å². The first-order valence-electron chi connectivity index (χ1n) is 11.8. The molecule has 0 spiro atoms. The van der Waals surface area contributed by atoms with Gasteiger partial charge < -0.3 is 19.7 Å². The molecular weight excluding hydrogens is 521 g/mol. The van der Waals surface area contributed by atoms with Gasteiger partial charge in [0, 0.05) is 29.7 Å². The summed E-state index contributed by atoms with van der Waals surface area (Å²) >= 11 is 1.88. The Morgan fingerprint density at radius 3 is 2.42 bits per heavy atom. The molecule has 3 aromatic rings. The molecule has 8 nitrogen and oxygen atoms in total. The number of furan rings is 1. The van der Waals surface area contributed by atoms with E-state index in [0.29, 0.717) is 30.3 Å². The Hall–Kier alpha value is -3.54. The van der Waals surface area contributed by atoms with Crippen LogP contribution in [-0.4, -0.2) is 56.1 Å². The normalized spacial score (nSPS) is 15.8. The Bertz CT molecular complexity index is 1220. The third kappa shape index (κ3) is 7.73. The molecule has 1 unspecified atom stereocenters.